The number of carbonyl (C=O) groups excluding carboxylic acids is 1. The molecule has 4 nitrogen and oxygen atoms in total. The minimum atomic E-state index is -0.0173. The van der Waals surface area contributed by atoms with Crippen LogP contribution in [0.4, 0.5) is 0 Å². The van der Waals surface area contributed by atoms with E-state index in [2.05, 4.69) is 18.2 Å². The summed E-state index contributed by atoms with van der Waals surface area (Å²) in [7, 11) is 0. The van der Waals surface area contributed by atoms with Crippen molar-refractivity contribution in [2.45, 2.75) is 26.4 Å². The lowest BCUT2D eigenvalue weighted by molar-refractivity contribution is -0.137. The molecule has 1 aliphatic heterocycles. The Morgan fingerprint density at radius 1 is 1.47 bits per heavy atom. The van der Waals surface area contributed by atoms with Gasteiger partial charge in [0.15, 0.2) is 0 Å². The number of aryl methyl sites for hydroxylation is 2. The maximum atomic E-state index is 12.3. The zero-order valence-corrected chi connectivity index (χ0v) is 11.7. The molecule has 0 spiro atoms. The first-order valence-corrected chi connectivity index (χ1v) is 6.75. The molecule has 0 bridgehead atoms. The Hall–Kier alpha value is -1.39. The Bertz CT molecular complexity index is 459. The van der Waals surface area contributed by atoms with Gasteiger partial charge in [0.1, 0.15) is 0 Å². The van der Waals surface area contributed by atoms with Gasteiger partial charge in [-0.15, -0.1) is 0 Å². The molecule has 0 aromatic heterocycles. The van der Waals surface area contributed by atoms with E-state index in [1.54, 1.807) is 0 Å². The minimum Gasteiger partial charge on any atom is -0.373 e. The van der Waals surface area contributed by atoms with E-state index in [0.29, 0.717) is 32.7 Å². The van der Waals surface area contributed by atoms with E-state index in [4.69, 9.17) is 10.5 Å². The van der Waals surface area contributed by atoms with Crippen molar-refractivity contribution < 1.29 is 9.53 Å². The van der Waals surface area contributed by atoms with Crippen molar-refractivity contribution in [3.05, 3.63) is 34.9 Å². The number of rotatable bonds is 3. The van der Waals surface area contributed by atoms with Gasteiger partial charge in [-0.3, -0.25) is 4.79 Å². The Kier molecular flexibility index (Phi) is 4.56. The third-order valence-electron chi connectivity index (χ3n) is 3.60. The first kappa shape index (κ1) is 14.0. The normalized spacial score (nSPS) is 19.5. The van der Waals surface area contributed by atoms with Gasteiger partial charge < -0.3 is 15.4 Å². The molecular weight excluding hydrogens is 240 g/mol. The van der Waals surface area contributed by atoms with Crippen LogP contribution in [0.1, 0.15) is 16.7 Å². The van der Waals surface area contributed by atoms with Crippen LogP contribution >= 0.6 is 0 Å². The van der Waals surface area contributed by atoms with Gasteiger partial charge in [0.2, 0.25) is 5.91 Å². The molecule has 4 heteroatoms. The van der Waals surface area contributed by atoms with E-state index in [1.807, 2.05) is 18.7 Å². The molecule has 19 heavy (non-hydrogen) atoms. The molecule has 2 N–H and O–H groups in total. The fourth-order valence-corrected chi connectivity index (χ4v) is 2.35. The maximum absolute atomic E-state index is 12.3. The average molecular weight is 262 g/mol. The van der Waals surface area contributed by atoms with Crippen molar-refractivity contribution in [3.8, 4) is 0 Å². The number of hydrogen-bond donors (Lipinski definition) is 1. The highest BCUT2D eigenvalue weighted by atomic mass is 16.5. The zero-order chi connectivity index (χ0) is 13.8. The molecule has 0 aliphatic carbocycles. The SMILES string of the molecule is Cc1ccc(C)c(CC(=O)N2CCO[C@H](CN)C2)c1. The zero-order valence-electron chi connectivity index (χ0n) is 11.7. The maximum Gasteiger partial charge on any atom is 0.227 e. The van der Waals surface area contributed by atoms with Gasteiger partial charge in [-0.2, -0.15) is 0 Å². The summed E-state index contributed by atoms with van der Waals surface area (Å²) in [5.74, 6) is 0.162. The van der Waals surface area contributed by atoms with Gasteiger partial charge in [0, 0.05) is 19.6 Å². The third kappa shape index (κ3) is 3.55. The fraction of sp³-hybridized carbons (Fsp3) is 0.533. The summed E-state index contributed by atoms with van der Waals surface area (Å²) in [5, 5.41) is 0. The number of carbonyl (C=O) groups is 1. The van der Waals surface area contributed by atoms with E-state index < -0.39 is 0 Å². The number of ether oxygens (including phenoxy) is 1. The molecule has 2 rings (SSSR count). The smallest absolute Gasteiger partial charge is 0.227 e. The van der Waals surface area contributed by atoms with E-state index in [0.717, 1.165) is 5.56 Å². The monoisotopic (exact) mass is 262 g/mol. The average Bonchev–Trinajstić information content (AvgIpc) is 2.43. The van der Waals surface area contributed by atoms with Crippen molar-refractivity contribution in [1.82, 2.24) is 4.90 Å². The van der Waals surface area contributed by atoms with Gasteiger partial charge >= 0.3 is 0 Å². The Morgan fingerprint density at radius 2 is 2.26 bits per heavy atom. The number of hydrogen-bond acceptors (Lipinski definition) is 3. The molecule has 1 fully saturated rings. The predicted molar refractivity (Wildman–Crippen MR) is 75.0 cm³/mol. The Labute approximate surface area is 114 Å². The second kappa shape index (κ2) is 6.17. The summed E-state index contributed by atoms with van der Waals surface area (Å²) < 4.78 is 5.48. The first-order chi connectivity index (χ1) is 9.10. The van der Waals surface area contributed by atoms with Crippen molar-refractivity contribution in [2.24, 2.45) is 5.73 Å². The predicted octanol–water partition coefficient (Wildman–Crippen LogP) is 1.03. The number of benzene rings is 1. The second-order valence-corrected chi connectivity index (χ2v) is 5.17. The summed E-state index contributed by atoms with van der Waals surface area (Å²) in [6.07, 6.45) is 0.446. The molecule has 1 aromatic carbocycles. The van der Waals surface area contributed by atoms with Crippen LogP contribution in [0.15, 0.2) is 18.2 Å². The topological polar surface area (TPSA) is 55.6 Å². The number of morpholine rings is 1. The molecule has 1 saturated heterocycles. The summed E-state index contributed by atoms with van der Waals surface area (Å²) >= 11 is 0. The number of nitrogens with two attached hydrogens (primary N) is 1. The lowest BCUT2D eigenvalue weighted by Crippen LogP contribution is -2.48. The van der Waals surface area contributed by atoms with Gasteiger partial charge in [0.25, 0.3) is 0 Å². The molecule has 1 aromatic rings. The fourth-order valence-electron chi connectivity index (χ4n) is 2.35. The summed E-state index contributed by atoms with van der Waals surface area (Å²) in [4.78, 5) is 14.2. The summed E-state index contributed by atoms with van der Waals surface area (Å²) in [6, 6.07) is 6.23. The van der Waals surface area contributed by atoms with Crippen LogP contribution in [-0.2, 0) is 16.0 Å². The van der Waals surface area contributed by atoms with Crippen molar-refractivity contribution >= 4 is 5.91 Å². The lowest BCUT2D eigenvalue weighted by atomic mass is 10.0. The van der Waals surface area contributed by atoms with Crippen LogP contribution in [0.3, 0.4) is 0 Å². The van der Waals surface area contributed by atoms with Gasteiger partial charge in [-0.1, -0.05) is 23.8 Å². The highest BCUT2D eigenvalue weighted by Crippen LogP contribution is 2.14. The highest BCUT2D eigenvalue weighted by Gasteiger charge is 2.23. The largest absolute Gasteiger partial charge is 0.373 e. The van der Waals surface area contributed by atoms with Crippen LogP contribution < -0.4 is 5.73 Å². The van der Waals surface area contributed by atoms with Crippen LogP contribution in [0.2, 0.25) is 0 Å². The molecule has 0 unspecified atom stereocenters. The third-order valence-corrected chi connectivity index (χ3v) is 3.60. The molecule has 104 valence electrons. The molecule has 0 saturated carbocycles. The lowest BCUT2D eigenvalue weighted by Gasteiger charge is -2.32. The Balaban J connectivity index is 2.02. The van der Waals surface area contributed by atoms with Gasteiger partial charge in [-0.25, -0.2) is 0 Å². The minimum absolute atomic E-state index is 0.0173. The van der Waals surface area contributed by atoms with E-state index in [-0.39, 0.29) is 12.0 Å². The second-order valence-electron chi connectivity index (χ2n) is 5.17. The summed E-state index contributed by atoms with van der Waals surface area (Å²) in [5.41, 5.74) is 9.07. The molecule has 1 atom stereocenters. The Morgan fingerprint density at radius 3 is 3.00 bits per heavy atom. The highest BCUT2D eigenvalue weighted by molar-refractivity contribution is 5.79. The quantitative estimate of drug-likeness (QED) is 0.885. The standard InChI is InChI=1S/C15H22N2O2/c1-11-3-4-12(2)13(7-11)8-15(18)17-5-6-19-14(9-16)10-17/h3-4,7,14H,5-6,8-10,16H2,1-2H3/t14-/m1/s1. The van der Waals surface area contributed by atoms with Crippen LogP contribution in [0.5, 0.6) is 0 Å². The van der Waals surface area contributed by atoms with Crippen LogP contribution in [-0.4, -0.2) is 43.2 Å². The number of nitrogens with zero attached hydrogens (tertiary/aromatic N) is 1. The van der Waals surface area contributed by atoms with Crippen molar-refractivity contribution in [2.75, 3.05) is 26.2 Å². The molecular formula is C15H22N2O2. The van der Waals surface area contributed by atoms with E-state index >= 15 is 0 Å². The molecule has 1 amide bonds. The van der Waals surface area contributed by atoms with Crippen molar-refractivity contribution in [3.63, 3.8) is 0 Å². The van der Waals surface area contributed by atoms with E-state index in [9.17, 15) is 4.79 Å². The molecule has 1 aliphatic rings. The van der Waals surface area contributed by atoms with Crippen molar-refractivity contribution in [1.29, 1.82) is 0 Å². The van der Waals surface area contributed by atoms with Gasteiger partial charge in [0.05, 0.1) is 19.1 Å². The molecule has 0 radical (unpaired) electrons. The first-order valence-electron chi connectivity index (χ1n) is 6.75. The molecule has 1 heterocycles. The van der Waals surface area contributed by atoms with Gasteiger partial charge in [-0.05, 0) is 25.0 Å². The van der Waals surface area contributed by atoms with Crippen LogP contribution in [0.25, 0.3) is 0 Å². The summed E-state index contributed by atoms with van der Waals surface area (Å²) in [6.45, 7) is 6.42. The van der Waals surface area contributed by atoms with Crippen LogP contribution in [0, 0.1) is 13.8 Å². The van der Waals surface area contributed by atoms with E-state index in [1.165, 1.54) is 11.1 Å². The number of amides is 1.